The highest BCUT2D eigenvalue weighted by atomic mass is 16.5. The Balaban J connectivity index is 1.95. The largest absolute Gasteiger partial charge is 0.481 e. The van der Waals surface area contributed by atoms with E-state index in [0.717, 1.165) is 31.4 Å². The van der Waals surface area contributed by atoms with Gasteiger partial charge < -0.3 is 9.84 Å². The third kappa shape index (κ3) is 1.74. The normalized spacial score (nSPS) is 30.3. The Morgan fingerprint density at radius 2 is 2.28 bits per heavy atom. The second-order valence-electron chi connectivity index (χ2n) is 5.38. The number of carboxylic acids is 1. The monoisotopic (exact) mass is 246 g/mol. The van der Waals surface area contributed by atoms with E-state index < -0.39 is 11.4 Å². The molecule has 3 rings (SSSR count). The molecule has 1 fully saturated rings. The van der Waals surface area contributed by atoms with E-state index >= 15 is 0 Å². The zero-order valence-electron chi connectivity index (χ0n) is 10.4. The van der Waals surface area contributed by atoms with Crippen LogP contribution in [0.1, 0.15) is 36.8 Å². The van der Waals surface area contributed by atoms with Gasteiger partial charge in [0.2, 0.25) is 0 Å². The lowest BCUT2D eigenvalue weighted by atomic mass is 9.76. The van der Waals surface area contributed by atoms with Gasteiger partial charge in [-0.1, -0.05) is 24.3 Å². The van der Waals surface area contributed by atoms with Crippen LogP contribution in [0, 0.1) is 0 Å². The molecule has 1 saturated heterocycles. The SMILES string of the molecule is O=C(O)C1(CC2CCCO2)CCc2ccccc21. The van der Waals surface area contributed by atoms with Crippen molar-refractivity contribution in [1.82, 2.24) is 0 Å². The molecule has 0 amide bonds. The number of hydrogen-bond acceptors (Lipinski definition) is 2. The van der Waals surface area contributed by atoms with Crippen LogP contribution in [0.4, 0.5) is 0 Å². The van der Waals surface area contributed by atoms with Gasteiger partial charge in [-0.05, 0) is 43.2 Å². The first kappa shape index (κ1) is 11.7. The van der Waals surface area contributed by atoms with E-state index in [2.05, 4.69) is 6.07 Å². The maximum absolute atomic E-state index is 11.8. The molecule has 1 aliphatic carbocycles. The fraction of sp³-hybridized carbons (Fsp3) is 0.533. The predicted molar refractivity (Wildman–Crippen MR) is 67.7 cm³/mol. The Kier molecular flexibility index (Phi) is 2.86. The van der Waals surface area contributed by atoms with Crippen molar-refractivity contribution in [2.24, 2.45) is 0 Å². The zero-order chi connectivity index (χ0) is 12.6. The molecule has 1 heterocycles. The van der Waals surface area contributed by atoms with Crippen molar-refractivity contribution >= 4 is 5.97 Å². The summed E-state index contributed by atoms with van der Waals surface area (Å²) >= 11 is 0. The number of fused-ring (bicyclic) bond motifs is 1. The molecule has 2 aliphatic rings. The molecular weight excluding hydrogens is 228 g/mol. The first-order valence-electron chi connectivity index (χ1n) is 6.66. The van der Waals surface area contributed by atoms with Crippen molar-refractivity contribution in [3.63, 3.8) is 0 Å². The lowest BCUT2D eigenvalue weighted by Gasteiger charge is -2.28. The summed E-state index contributed by atoms with van der Waals surface area (Å²) in [5, 5.41) is 9.72. The average Bonchev–Trinajstić information content (AvgIpc) is 2.99. The summed E-state index contributed by atoms with van der Waals surface area (Å²) in [4.78, 5) is 11.8. The van der Waals surface area contributed by atoms with Gasteiger partial charge in [0, 0.05) is 6.61 Å². The van der Waals surface area contributed by atoms with Crippen molar-refractivity contribution < 1.29 is 14.6 Å². The minimum absolute atomic E-state index is 0.118. The lowest BCUT2D eigenvalue weighted by molar-refractivity contribution is -0.145. The molecule has 0 bridgehead atoms. The first-order valence-corrected chi connectivity index (χ1v) is 6.66. The van der Waals surface area contributed by atoms with Gasteiger partial charge in [-0.25, -0.2) is 0 Å². The van der Waals surface area contributed by atoms with Crippen LogP contribution in [0.3, 0.4) is 0 Å². The molecule has 1 aliphatic heterocycles. The van der Waals surface area contributed by atoms with E-state index in [1.165, 1.54) is 5.56 Å². The molecular formula is C15H18O3. The molecule has 2 atom stereocenters. The Morgan fingerprint density at radius 1 is 1.44 bits per heavy atom. The highest BCUT2D eigenvalue weighted by Gasteiger charge is 2.47. The van der Waals surface area contributed by atoms with Gasteiger partial charge in [0.15, 0.2) is 0 Å². The maximum atomic E-state index is 11.8. The molecule has 0 spiro atoms. The third-order valence-electron chi connectivity index (χ3n) is 4.36. The van der Waals surface area contributed by atoms with Crippen LogP contribution in [-0.4, -0.2) is 23.8 Å². The summed E-state index contributed by atoms with van der Waals surface area (Å²) < 4.78 is 5.64. The second-order valence-corrected chi connectivity index (χ2v) is 5.38. The van der Waals surface area contributed by atoms with Crippen LogP contribution in [-0.2, 0) is 21.4 Å². The van der Waals surface area contributed by atoms with Gasteiger partial charge >= 0.3 is 5.97 Å². The smallest absolute Gasteiger partial charge is 0.314 e. The Hall–Kier alpha value is -1.35. The molecule has 3 nitrogen and oxygen atoms in total. The van der Waals surface area contributed by atoms with Gasteiger partial charge in [-0.15, -0.1) is 0 Å². The summed E-state index contributed by atoms with van der Waals surface area (Å²) in [5.74, 6) is -0.692. The van der Waals surface area contributed by atoms with E-state index in [4.69, 9.17) is 4.74 Å². The quantitative estimate of drug-likeness (QED) is 0.891. The van der Waals surface area contributed by atoms with Gasteiger partial charge in [0.1, 0.15) is 0 Å². The molecule has 0 saturated carbocycles. The molecule has 0 radical (unpaired) electrons. The molecule has 3 heteroatoms. The minimum atomic E-state index is -0.717. The average molecular weight is 246 g/mol. The van der Waals surface area contributed by atoms with Crippen LogP contribution < -0.4 is 0 Å². The third-order valence-corrected chi connectivity index (χ3v) is 4.36. The van der Waals surface area contributed by atoms with Crippen LogP contribution in [0.5, 0.6) is 0 Å². The topological polar surface area (TPSA) is 46.5 Å². The number of ether oxygens (including phenoxy) is 1. The number of rotatable bonds is 3. The fourth-order valence-corrected chi connectivity index (χ4v) is 3.40. The van der Waals surface area contributed by atoms with Crippen molar-refractivity contribution in [2.75, 3.05) is 6.61 Å². The van der Waals surface area contributed by atoms with E-state index in [0.29, 0.717) is 12.8 Å². The Morgan fingerprint density at radius 3 is 3.00 bits per heavy atom. The van der Waals surface area contributed by atoms with Gasteiger partial charge in [0.05, 0.1) is 11.5 Å². The lowest BCUT2D eigenvalue weighted by Crippen LogP contribution is -2.37. The Labute approximate surface area is 107 Å². The maximum Gasteiger partial charge on any atom is 0.314 e. The molecule has 96 valence electrons. The Bertz CT molecular complexity index is 463. The molecule has 0 aromatic heterocycles. The highest BCUT2D eigenvalue weighted by Crippen LogP contribution is 2.44. The van der Waals surface area contributed by atoms with E-state index in [9.17, 15) is 9.90 Å². The van der Waals surface area contributed by atoms with Gasteiger partial charge in [-0.3, -0.25) is 4.79 Å². The van der Waals surface area contributed by atoms with Crippen LogP contribution in [0.25, 0.3) is 0 Å². The summed E-state index contributed by atoms with van der Waals surface area (Å²) in [7, 11) is 0. The highest BCUT2D eigenvalue weighted by molar-refractivity contribution is 5.83. The number of benzene rings is 1. The van der Waals surface area contributed by atoms with Crippen LogP contribution in [0.2, 0.25) is 0 Å². The van der Waals surface area contributed by atoms with Gasteiger partial charge in [-0.2, -0.15) is 0 Å². The first-order chi connectivity index (χ1) is 8.72. The van der Waals surface area contributed by atoms with Crippen molar-refractivity contribution in [1.29, 1.82) is 0 Å². The predicted octanol–water partition coefficient (Wildman–Crippen LogP) is 2.52. The summed E-state index contributed by atoms with van der Waals surface area (Å²) in [6, 6.07) is 7.96. The molecule has 1 N–H and O–H groups in total. The summed E-state index contributed by atoms with van der Waals surface area (Å²) in [6.07, 6.45) is 4.38. The van der Waals surface area contributed by atoms with E-state index in [1.54, 1.807) is 0 Å². The van der Waals surface area contributed by atoms with Crippen molar-refractivity contribution in [3.8, 4) is 0 Å². The van der Waals surface area contributed by atoms with Crippen molar-refractivity contribution in [3.05, 3.63) is 35.4 Å². The standard InChI is InChI=1S/C15H18O3/c16-14(17)15(10-12-5-3-9-18-12)8-7-11-4-1-2-6-13(11)15/h1-2,4,6,12H,3,5,7-10H2,(H,16,17). The second kappa shape index (κ2) is 4.39. The summed E-state index contributed by atoms with van der Waals surface area (Å²) in [5.41, 5.74) is 1.48. The summed E-state index contributed by atoms with van der Waals surface area (Å²) in [6.45, 7) is 0.780. The van der Waals surface area contributed by atoms with Gasteiger partial charge in [0.25, 0.3) is 0 Å². The zero-order valence-corrected chi connectivity index (χ0v) is 10.4. The molecule has 2 unspecified atom stereocenters. The minimum Gasteiger partial charge on any atom is -0.481 e. The fourth-order valence-electron chi connectivity index (χ4n) is 3.40. The number of aliphatic carboxylic acids is 1. The van der Waals surface area contributed by atoms with E-state index in [-0.39, 0.29) is 6.10 Å². The number of carbonyl (C=O) groups is 1. The van der Waals surface area contributed by atoms with Crippen LogP contribution >= 0.6 is 0 Å². The van der Waals surface area contributed by atoms with Crippen molar-refractivity contribution in [2.45, 2.75) is 43.6 Å². The van der Waals surface area contributed by atoms with Crippen LogP contribution in [0.15, 0.2) is 24.3 Å². The molecule has 1 aromatic rings. The number of aryl methyl sites for hydroxylation is 1. The molecule has 18 heavy (non-hydrogen) atoms. The molecule has 1 aromatic carbocycles. The van der Waals surface area contributed by atoms with E-state index in [1.807, 2.05) is 18.2 Å². The number of hydrogen-bond donors (Lipinski definition) is 1. The number of carboxylic acid groups (broad SMARTS) is 1.